The molecule has 1 aromatic carbocycles. The average Bonchev–Trinajstić information content (AvgIpc) is 2.96. The number of nitrogens with one attached hydrogen (secondary N) is 1. The molecule has 0 aliphatic heterocycles. The summed E-state index contributed by atoms with van der Waals surface area (Å²) in [5.74, 6) is 2.45. The number of thiophene rings is 1. The van der Waals surface area contributed by atoms with Gasteiger partial charge in [-0.3, -0.25) is 0 Å². The second kappa shape index (κ2) is 6.63. The van der Waals surface area contributed by atoms with Crippen molar-refractivity contribution in [2.45, 2.75) is 6.04 Å². The van der Waals surface area contributed by atoms with Crippen LogP contribution in [-0.4, -0.2) is 28.4 Å². The van der Waals surface area contributed by atoms with Crippen LogP contribution in [-0.2, 0) is 0 Å². The fourth-order valence-corrected chi connectivity index (χ4v) is 3.24. The normalized spacial score (nSPS) is 12.0. The molecule has 5 heteroatoms. The first-order chi connectivity index (χ1) is 9.76. The highest BCUT2D eigenvalue weighted by Crippen LogP contribution is 2.42. The topological polar surface area (TPSA) is 39.7 Å². The van der Waals surface area contributed by atoms with Crippen molar-refractivity contribution in [1.29, 1.82) is 0 Å². The maximum absolute atomic E-state index is 5.49. The van der Waals surface area contributed by atoms with Gasteiger partial charge in [0.25, 0.3) is 0 Å². The van der Waals surface area contributed by atoms with Crippen LogP contribution in [0.2, 0.25) is 0 Å². The van der Waals surface area contributed by atoms with E-state index in [1.807, 2.05) is 36.7 Å². The van der Waals surface area contributed by atoms with E-state index in [1.165, 1.54) is 0 Å². The van der Waals surface area contributed by atoms with E-state index in [1.54, 1.807) is 32.7 Å². The van der Waals surface area contributed by atoms with Crippen molar-refractivity contribution in [2.24, 2.45) is 0 Å². The van der Waals surface area contributed by atoms with Gasteiger partial charge >= 0.3 is 0 Å². The Labute approximate surface area is 123 Å². The summed E-state index contributed by atoms with van der Waals surface area (Å²) in [5.41, 5.74) is 0.973. The summed E-state index contributed by atoms with van der Waals surface area (Å²) in [7, 11) is 6.92. The number of ether oxygens (including phenoxy) is 3. The number of methoxy groups -OCH3 is 3. The van der Waals surface area contributed by atoms with Gasteiger partial charge in [-0.1, -0.05) is 6.07 Å². The quantitative estimate of drug-likeness (QED) is 0.888. The fraction of sp³-hybridized carbons (Fsp3) is 0.333. The lowest BCUT2D eigenvalue weighted by molar-refractivity contribution is 0.376. The predicted molar refractivity (Wildman–Crippen MR) is 81.3 cm³/mol. The molecule has 4 nitrogen and oxygen atoms in total. The summed E-state index contributed by atoms with van der Waals surface area (Å²) >= 11 is 1.64. The molecule has 0 bridgehead atoms. The first-order valence-electron chi connectivity index (χ1n) is 6.26. The molecule has 0 radical (unpaired) electrons. The molecule has 20 heavy (non-hydrogen) atoms. The summed E-state index contributed by atoms with van der Waals surface area (Å²) in [6.07, 6.45) is 0. The molecule has 1 atom stereocenters. The fourth-order valence-electron chi connectivity index (χ4n) is 2.26. The van der Waals surface area contributed by atoms with E-state index < -0.39 is 0 Å². The second-order valence-corrected chi connectivity index (χ2v) is 5.10. The summed E-state index contributed by atoms with van der Waals surface area (Å²) in [6, 6.07) is 7.70. The Morgan fingerprint density at radius 3 is 2.05 bits per heavy atom. The molecule has 1 unspecified atom stereocenters. The molecule has 0 fully saturated rings. The standard InChI is InChI=1S/C15H19NO3S/c1-16-14(15-12(19-4)8-9-20-15)13-10(17-2)6-5-7-11(13)18-3/h5-9,14,16H,1-4H3. The van der Waals surface area contributed by atoms with Crippen molar-refractivity contribution in [3.63, 3.8) is 0 Å². The van der Waals surface area contributed by atoms with Gasteiger partial charge in [-0.05, 0) is 30.6 Å². The molecular weight excluding hydrogens is 274 g/mol. The molecule has 2 rings (SSSR count). The second-order valence-electron chi connectivity index (χ2n) is 4.15. The number of benzene rings is 1. The molecule has 1 N–H and O–H groups in total. The third-order valence-electron chi connectivity index (χ3n) is 3.18. The first-order valence-corrected chi connectivity index (χ1v) is 7.14. The van der Waals surface area contributed by atoms with Crippen LogP contribution in [0.5, 0.6) is 17.2 Å². The zero-order valence-corrected chi connectivity index (χ0v) is 12.9. The van der Waals surface area contributed by atoms with Crippen molar-refractivity contribution in [3.8, 4) is 17.2 Å². The zero-order valence-electron chi connectivity index (χ0n) is 12.1. The highest BCUT2D eigenvalue weighted by Gasteiger charge is 2.25. The lowest BCUT2D eigenvalue weighted by atomic mass is 10.0. The summed E-state index contributed by atoms with van der Waals surface area (Å²) in [6.45, 7) is 0. The largest absolute Gasteiger partial charge is 0.496 e. The van der Waals surface area contributed by atoms with E-state index in [0.717, 1.165) is 27.7 Å². The molecule has 1 heterocycles. The van der Waals surface area contributed by atoms with Crippen LogP contribution in [0.25, 0.3) is 0 Å². The van der Waals surface area contributed by atoms with Gasteiger partial charge in [0.15, 0.2) is 0 Å². The molecular formula is C15H19NO3S. The summed E-state index contributed by atoms with van der Waals surface area (Å²) < 4.78 is 16.4. The van der Waals surface area contributed by atoms with E-state index >= 15 is 0 Å². The Bertz CT molecular complexity index is 546. The van der Waals surface area contributed by atoms with Crippen LogP contribution >= 0.6 is 11.3 Å². The molecule has 2 aromatic rings. The van der Waals surface area contributed by atoms with Crippen LogP contribution in [0.4, 0.5) is 0 Å². The number of hydrogen-bond acceptors (Lipinski definition) is 5. The minimum absolute atomic E-state index is 0.0453. The minimum Gasteiger partial charge on any atom is -0.496 e. The van der Waals surface area contributed by atoms with E-state index in [9.17, 15) is 0 Å². The number of hydrogen-bond donors (Lipinski definition) is 1. The highest BCUT2D eigenvalue weighted by atomic mass is 32.1. The van der Waals surface area contributed by atoms with Crippen LogP contribution in [0.3, 0.4) is 0 Å². The van der Waals surface area contributed by atoms with E-state index in [2.05, 4.69) is 5.32 Å². The highest BCUT2D eigenvalue weighted by molar-refractivity contribution is 7.10. The van der Waals surface area contributed by atoms with Gasteiger partial charge in [-0.15, -0.1) is 11.3 Å². The first kappa shape index (κ1) is 14.7. The Hall–Kier alpha value is -1.72. The molecule has 0 aliphatic rings. The zero-order chi connectivity index (χ0) is 14.5. The van der Waals surface area contributed by atoms with Crippen molar-refractivity contribution < 1.29 is 14.2 Å². The Kier molecular flexibility index (Phi) is 4.87. The molecule has 1 aromatic heterocycles. The van der Waals surface area contributed by atoms with Crippen LogP contribution in [0.15, 0.2) is 29.6 Å². The molecule has 0 amide bonds. The van der Waals surface area contributed by atoms with Crippen molar-refractivity contribution in [1.82, 2.24) is 5.32 Å². The minimum atomic E-state index is -0.0453. The molecule has 0 saturated carbocycles. The van der Waals surface area contributed by atoms with Gasteiger partial charge < -0.3 is 19.5 Å². The number of rotatable bonds is 6. The van der Waals surface area contributed by atoms with Crippen molar-refractivity contribution >= 4 is 11.3 Å². The van der Waals surface area contributed by atoms with Gasteiger partial charge in [0.2, 0.25) is 0 Å². The average molecular weight is 293 g/mol. The van der Waals surface area contributed by atoms with Crippen LogP contribution in [0.1, 0.15) is 16.5 Å². The molecule has 0 saturated heterocycles. The van der Waals surface area contributed by atoms with Gasteiger partial charge in [0.05, 0.1) is 37.8 Å². The van der Waals surface area contributed by atoms with Gasteiger partial charge in [-0.25, -0.2) is 0 Å². The Morgan fingerprint density at radius 2 is 1.55 bits per heavy atom. The SMILES string of the molecule is CNC(c1sccc1OC)c1c(OC)cccc1OC. The smallest absolute Gasteiger partial charge is 0.134 e. The van der Waals surface area contributed by atoms with E-state index in [0.29, 0.717) is 0 Å². The van der Waals surface area contributed by atoms with Crippen molar-refractivity contribution in [2.75, 3.05) is 28.4 Å². The molecule has 0 spiro atoms. The third-order valence-corrected chi connectivity index (χ3v) is 4.15. The van der Waals surface area contributed by atoms with Crippen molar-refractivity contribution in [3.05, 3.63) is 40.1 Å². The van der Waals surface area contributed by atoms with E-state index in [4.69, 9.17) is 14.2 Å². The maximum atomic E-state index is 5.49. The molecule has 108 valence electrons. The molecule has 0 aliphatic carbocycles. The Balaban J connectivity index is 2.57. The van der Waals surface area contributed by atoms with Crippen LogP contribution in [0, 0.1) is 0 Å². The van der Waals surface area contributed by atoms with Gasteiger partial charge in [0, 0.05) is 0 Å². The van der Waals surface area contributed by atoms with Gasteiger partial charge in [0.1, 0.15) is 17.2 Å². The monoisotopic (exact) mass is 293 g/mol. The lowest BCUT2D eigenvalue weighted by Gasteiger charge is -2.21. The van der Waals surface area contributed by atoms with E-state index in [-0.39, 0.29) is 6.04 Å². The maximum Gasteiger partial charge on any atom is 0.134 e. The van der Waals surface area contributed by atoms with Crippen LogP contribution < -0.4 is 19.5 Å². The predicted octanol–water partition coefficient (Wildman–Crippen LogP) is 3.08. The summed E-state index contributed by atoms with van der Waals surface area (Å²) in [4.78, 5) is 1.10. The Morgan fingerprint density at radius 1 is 0.950 bits per heavy atom. The third kappa shape index (κ3) is 2.59. The summed E-state index contributed by atoms with van der Waals surface area (Å²) in [5, 5.41) is 5.33. The lowest BCUT2D eigenvalue weighted by Crippen LogP contribution is -2.19. The van der Waals surface area contributed by atoms with Gasteiger partial charge in [-0.2, -0.15) is 0 Å².